The van der Waals surface area contributed by atoms with Gasteiger partial charge in [-0.05, 0) is 41.8 Å². The third kappa shape index (κ3) is 2.91. The highest BCUT2D eigenvalue weighted by Gasteiger charge is 2.12. The van der Waals surface area contributed by atoms with Crippen LogP contribution in [0.1, 0.15) is 38.3 Å². The molecule has 0 radical (unpaired) electrons. The zero-order valence-electron chi connectivity index (χ0n) is 11.6. The van der Waals surface area contributed by atoms with Gasteiger partial charge in [-0.25, -0.2) is 0 Å². The van der Waals surface area contributed by atoms with Crippen molar-refractivity contribution >= 4 is 10.8 Å². The summed E-state index contributed by atoms with van der Waals surface area (Å²) in [5.74, 6) is 0.758. The number of rotatable bonds is 5. The Morgan fingerprint density at radius 3 is 2.44 bits per heavy atom. The van der Waals surface area contributed by atoms with Crippen molar-refractivity contribution in [2.24, 2.45) is 5.92 Å². The number of fused-ring (bicyclic) bond motifs is 1. The number of benzene rings is 2. The van der Waals surface area contributed by atoms with Gasteiger partial charge in [-0.3, -0.25) is 0 Å². The summed E-state index contributed by atoms with van der Waals surface area (Å²) in [5, 5.41) is 6.10. The van der Waals surface area contributed by atoms with Crippen molar-refractivity contribution < 1.29 is 0 Å². The topological polar surface area (TPSA) is 12.0 Å². The van der Waals surface area contributed by atoms with Crippen molar-refractivity contribution in [1.82, 2.24) is 5.32 Å². The van der Waals surface area contributed by atoms with Crippen LogP contribution in [-0.2, 0) is 0 Å². The second kappa shape index (κ2) is 6.01. The molecule has 0 spiro atoms. The van der Waals surface area contributed by atoms with Gasteiger partial charge >= 0.3 is 0 Å². The zero-order valence-corrected chi connectivity index (χ0v) is 11.6. The molecule has 0 heterocycles. The average molecular weight is 241 g/mol. The van der Waals surface area contributed by atoms with Crippen molar-refractivity contribution in [1.29, 1.82) is 0 Å². The first kappa shape index (κ1) is 13.1. The minimum absolute atomic E-state index is 0.463. The molecule has 0 aliphatic rings. The lowest BCUT2D eigenvalue weighted by Crippen LogP contribution is -2.18. The van der Waals surface area contributed by atoms with Gasteiger partial charge in [-0.1, -0.05) is 56.7 Å². The van der Waals surface area contributed by atoms with Crippen LogP contribution in [0.25, 0.3) is 10.8 Å². The normalized spacial score (nSPS) is 14.6. The molecule has 0 amide bonds. The molecule has 0 fully saturated rings. The molecule has 96 valence electrons. The van der Waals surface area contributed by atoms with Crippen LogP contribution in [0, 0.1) is 5.92 Å². The zero-order chi connectivity index (χ0) is 13.0. The summed E-state index contributed by atoms with van der Waals surface area (Å²) in [5.41, 5.74) is 1.40. The van der Waals surface area contributed by atoms with E-state index < -0.39 is 0 Å². The van der Waals surface area contributed by atoms with Gasteiger partial charge in [0.05, 0.1) is 0 Å². The van der Waals surface area contributed by atoms with Crippen LogP contribution in [-0.4, -0.2) is 7.05 Å². The predicted octanol–water partition coefficient (Wildman–Crippen LogP) is 4.54. The fraction of sp³-hybridized carbons (Fsp3) is 0.412. The van der Waals surface area contributed by atoms with Gasteiger partial charge in [0.25, 0.3) is 0 Å². The van der Waals surface area contributed by atoms with Crippen LogP contribution in [0.4, 0.5) is 0 Å². The summed E-state index contributed by atoms with van der Waals surface area (Å²) >= 11 is 0. The van der Waals surface area contributed by atoms with Crippen molar-refractivity contribution in [3.8, 4) is 0 Å². The molecule has 2 rings (SSSR count). The van der Waals surface area contributed by atoms with Crippen LogP contribution in [0.5, 0.6) is 0 Å². The van der Waals surface area contributed by atoms with Gasteiger partial charge in [0.15, 0.2) is 0 Å². The SMILES string of the molecule is CCC(C)CC(NC)c1ccc2ccccc2c1. The van der Waals surface area contributed by atoms with Crippen molar-refractivity contribution in [2.75, 3.05) is 7.05 Å². The highest BCUT2D eigenvalue weighted by Crippen LogP contribution is 2.25. The summed E-state index contributed by atoms with van der Waals surface area (Å²) in [6.07, 6.45) is 2.44. The molecular formula is C17H23N. The number of nitrogens with one attached hydrogen (secondary N) is 1. The van der Waals surface area contributed by atoms with Crippen LogP contribution in [0.2, 0.25) is 0 Å². The maximum atomic E-state index is 3.45. The van der Waals surface area contributed by atoms with Crippen LogP contribution in [0.15, 0.2) is 42.5 Å². The van der Waals surface area contributed by atoms with E-state index in [4.69, 9.17) is 0 Å². The van der Waals surface area contributed by atoms with E-state index in [2.05, 4.69) is 68.7 Å². The van der Waals surface area contributed by atoms with E-state index in [1.165, 1.54) is 29.2 Å². The Kier molecular flexibility index (Phi) is 4.38. The molecular weight excluding hydrogens is 218 g/mol. The van der Waals surface area contributed by atoms with Crippen LogP contribution < -0.4 is 5.32 Å². The van der Waals surface area contributed by atoms with Gasteiger partial charge in [-0.15, -0.1) is 0 Å². The predicted molar refractivity (Wildman–Crippen MR) is 79.8 cm³/mol. The molecule has 0 aliphatic carbocycles. The molecule has 0 saturated carbocycles. The molecule has 0 aliphatic heterocycles. The van der Waals surface area contributed by atoms with Crippen LogP contribution >= 0.6 is 0 Å². The quantitative estimate of drug-likeness (QED) is 0.810. The van der Waals surface area contributed by atoms with E-state index in [0.717, 1.165) is 5.92 Å². The van der Waals surface area contributed by atoms with Crippen molar-refractivity contribution in [3.05, 3.63) is 48.0 Å². The lowest BCUT2D eigenvalue weighted by Gasteiger charge is -2.20. The molecule has 2 aromatic carbocycles. The fourth-order valence-electron chi connectivity index (χ4n) is 2.41. The van der Waals surface area contributed by atoms with E-state index in [1.54, 1.807) is 0 Å². The van der Waals surface area contributed by atoms with Gasteiger partial charge in [0.2, 0.25) is 0 Å². The first-order valence-electron chi connectivity index (χ1n) is 6.90. The summed E-state index contributed by atoms with van der Waals surface area (Å²) in [6.45, 7) is 4.59. The molecule has 1 N–H and O–H groups in total. The average Bonchev–Trinajstić information content (AvgIpc) is 2.44. The largest absolute Gasteiger partial charge is 0.313 e. The third-order valence-electron chi connectivity index (χ3n) is 3.86. The number of hydrogen-bond donors (Lipinski definition) is 1. The molecule has 18 heavy (non-hydrogen) atoms. The first-order chi connectivity index (χ1) is 8.74. The Morgan fingerprint density at radius 2 is 1.78 bits per heavy atom. The molecule has 0 saturated heterocycles. The van der Waals surface area contributed by atoms with Crippen LogP contribution in [0.3, 0.4) is 0 Å². The fourth-order valence-corrected chi connectivity index (χ4v) is 2.41. The summed E-state index contributed by atoms with van der Waals surface area (Å²) in [7, 11) is 2.06. The summed E-state index contributed by atoms with van der Waals surface area (Å²) in [4.78, 5) is 0. The third-order valence-corrected chi connectivity index (χ3v) is 3.86. The highest BCUT2D eigenvalue weighted by atomic mass is 14.9. The Morgan fingerprint density at radius 1 is 1.06 bits per heavy atom. The van der Waals surface area contributed by atoms with E-state index in [1.807, 2.05) is 0 Å². The molecule has 2 atom stereocenters. The second-order valence-electron chi connectivity index (χ2n) is 5.20. The van der Waals surface area contributed by atoms with E-state index in [-0.39, 0.29) is 0 Å². The Bertz CT molecular complexity index is 504. The molecule has 0 bridgehead atoms. The maximum Gasteiger partial charge on any atom is 0.0320 e. The molecule has 2 unspecified atom stereocenters. The Hall–Kier alpha value is -1.34. The van der Waals surface area contributed by atoms with Gasteiger partial charge in [0, 0.05) is 6.04 Å². The Labute approximate surface area is 110 Å². The minimum Gasteiger partial charge on any atom is -0.313 e. The Balaban J connectivity index is 2.27. The first-order valence-corrected chi connectivity index (χ1v) is 6.90. The molecule has 1 heteroatoms. The van der Waals surface area contributed by atoms with Gasteiger partial charge in [0.1, 0.15) is 0 Å². The van der Waals surface area contributed by atoms with Crippen molar-refractivity contribution in [2.45, 2.75) is 32.7 Å². The molecule has 1 nitrogen and oxygen atoms in total. The smallest absolute Gasteiger partial charge is 0.0320 e. The van der Waals surface area contributed by atoms with Gasteiger partial charge < -0.3 is 5.32 Å². The van der Waals surface area contributed by atoms with E-state index >= 15 is 0 Å². The summed E-state index contributed by atoms with van der Waals surface area (Å²) < 4.78 is 0. The molecule has 0 aromatic heterocycles. The summed E-state index contributed by atoms with van der Waals surface area (Å²) in [6, 6.07) is 15.8. The maximum absolute atomic E-state index is 3.45. The van der Waals surface area contributed by atoms with E-state index in [0.29, 0.717) is 6.04 Å². The second-order valence-corrected chi connectivity index (χ2v) is 5.20. The number of hydrogen-bond acceptors (Lipinski definition) is 1. The monoisotopic (exact) mass is 241 g/mol. The minimum atomic E-state index is 0.463. The molecule has 2 aromatic rings. The standard InChI is InChI=1S/C17H23N/c1-4-13(2)11-17(18-3)16-10-9-14-7-5-6-8-15(14)12-16/h5-10,12-13,17-18H,4,11H2,1-3H3. The van der Waals surface area contributed by atoms with Gasteiger partial charge in [-0.2, -0.15) is 0 Å². The lowest BCUT2D eigenvalue weighted by molar-refractivity contribution is 0.422. The van der Waals surface area contributed by atoms with Crippen molar-refractivity contribution in [3.63, 3.8) is 0 Å². The lowest BCUT2D eigenvalue weighted by atomic mass is 9.93. The van der Waals surface area contributed by atoms with E-state index in [9.17, 15) is 0 Å². The highest BCUT2D eigenvalue weighted by molar-refractivity contribution is 5.83.